The van der Waals surface area contributed by atoms with E-state index < -0.39 is 0 Å². The number of methoxy groups -OCH3 is 1. The molecule has 1 aliphatic rings. The Morgan fingerprint density at radius 2 is 2.43 bits per heavy atom. The van der Waals surface area contributed by atoms with E-state index in [9.17, 15) is 0 Å². The summed E-state index contributed by atoms with van der Waals surface area (Å²) in [5.74, 6) is 2.59. The van der Waals surface area contributed by atoms with Crippen LogP contribution in [0.2, 0.25) is 0 Å². The lowest BCUT2D eigenvalue weighted by atomic mass is 10.1. The molecule has 0 saturated carbocycles. The van der Waals surface area contributed by atoms with E-state index in [2.05, 4.69) is 29.0 Å². The van der Waals surface area contributed by atoms with Crippen LogP contribution in [0.5, 0.6) is 0 Å². The molecule has 2 atom stereocenters. The summed E-state index contributed by atoms with van der Waals surface area (Å²) in [6, 6.07) is 1.25. The Labute approximate surface area is 91.6 Å². The molecule has 0 bridgehead atoms. The van der Waals surface area contributed by atoms with E-state index in [1.165, 1.54) is 17.9 Å². The molecule has 1 rings (SSSR count). The van der Waals surface area contributed by atoms with Gasteiger partial charge < -0.3 is 10.1 Å². The zero-order valence-corrected chi connectivity index (χ0v) is 10.3. The van der Waals surface area contributed by atoms with Crippen LogP contribution >= 0.6 is 11.8 Å². The Balaban J connectivity index is 2.39. The summed E-state index contributed by atoms with van der Waals surface area (Å²) in [5.41, 5.74) is 0. The first-order valence-electron chi connectivity index (χ1n) is 5.22. The average molecular weight is 218 g/mol. The van der Waals surface area contributed by atoms with Gasteiger partial charge in [0.25, 0.3) is 0 Å². The normalized spacial score (nSPS) is 24.4. The van der Waals surface area contributed by atoms with Gasteiger partial charge in [-0.3, -0.25) is 4.90 Å². The van der Waals surface area contributed by atoms with E-state index >= 15 is 0 Å². The van der Waals surface area contributed by atoms with E-state index in [-0.39, 0.29) is 0 Å². The Kier molecular flexibility index (Phi) is 5.86. The standard InChI is InChI=1S/C10H22N2OS/c1-11-6-10(7-13-3)12(2)9-4-5-14-8-9/h9-11H,4-8H2,1-3H3. The highest BCUT2D eigenvalue weighted by atomic mass is 32.2. The van der Waals surface area contributed by atoms with Crippen LogP contribution in [0.1, 0.15) is 6.42 Å². The molecule has 4 heteroatoms. The molecule has 0 amide bonds. The van der Waals surface area contributed by atoms with Crippen molar-refractivity contribution in [2.45, 2.75) is 18.5 Å². The summed E-state index contributed by atoms with van der Waals surface area (Å²) >= 11 is 2.06. The van der Waals surface area contributed by atoms with Crippen molar-refractivity contribution in [3.05, 3.63) is 0 Å². The molecular formula is C10H22N2OS. The number of likely N-dealkylation sites (N-methyl/N-ethyl adjacent to an activating group) is 2. The van der Waals surface area contributed by atoms with Gasteiger partial charge in [-0.25, -0.2) is 0 Å². The fourth-order valence-corrected chi connectivity index (χ4v) is 3.17. The van der Waals surface area contributed by atoms with Gasteiger partial charge in [0, 0.05) is 31.5 Å². The molecular weight excluding hydrogens is 196 g/mol. The smallest absolute Gasteiger partial charge is 0.0630 e. The predicted molar refractivity (Wildman–Crippen MR) is 63.1 cm³/mol. The van der Waals surface area contributed by atoms with Crippen LogP contribution in [0, 0.1) is 0 Å². The fourth-order valence-electron chi connectivity index (χ4n) is 1.89. The molecule has 14 heavy (non-hydrogen) atoms. The highest BCUT2D eigenvalue weighted by molar-refractivity contribution is 7.99. The first-order valence-corrected chi connectivity index (χ1v) is 6.38. The minimum atomic E-state index is 0.508. The van der Waals surface area contributed by atoms with Crippen LogP contribution in [-0.4, -0.2) is 62.8 Å². The summed E-state index contributed by atoms with van der Waals surface area (Å²) in [7, 11) is 6.00. The van der Waals surface area contributed by atoms with Crippen LogP contribution in [0.25, 0.3) is 0 Å². The second kappa shape index (κ2) is 6.67. The Bertz CT molecular complexity index is 145. The number of rotatable bonds is 6. The molecule has 0 aromatic rings. The van der Waals surface area contributed by atoms with Gasteiger partial charge >= 0.3 is 0 Å². The van der Waals surface area contributed by atoms with Gasteiger partial charge in [-0.05, 0) is 26.3 Å². The molecule has 0 radical (unpaired) electrons. The molecule has 1 aliphatic heterocycles. The van der Waals surface area contributed by atoms with E-state index in [0.717, 1.165) is 19.2 Å². The molecule has 1 N–H and O–H groups in total. The third-order valence-electron chi connectivity index (χ3n) is 2.86. The van der Waals surface area contributed by atoms with Crippen LogP contribution < -0.4 is 5.32 Å². The van der Waals surface area contributed by atoms with Crippen molar-refractivity contribution in [3.63, 3.8) is 0 Å². The van der Waals surface area contributed by atoms with Crippen molar-refractivity contribution < 1.29 is 4.74 Å². The molecule has 0 aliphatic carbocycles. The fraction of sp³-hybridized carbons (Fsp3) is 1.00. The highest BCUT2D eigenvalue weighted by Gasteiger charge is 2.25. The summed E-state index contributed by atoms with van der Waals surface area (Å²) in [6.07, 6.45) is 1.32. The van der Waals surface area contributed by atoms with Gasteiger partial charge in [-0.15, -0.1) is 0 Å². The molecule has 1 fully saturated rings. The van der Waals surface area contributed by atoms with Crippen LogP contribution in [0.4, 0.5) is 0 Å². The molecule has 2 unspecified atom stereocenters. The zero-order valence-electron chi connectivity index (χ0n) is 9.45. The SMILES string of the molecule is CNCC(COC)N(C)C1CCSC1. The lowest BCUT2D eigenvalue weighted by Gasteiger charge is -2.32. The van der Waals surface area contributed by atoms with E-state index in [4.69, 9.17) is 4.74 Å². The minimum absolute atomic E-state index is 0.508. The van der Waals surface area contributed by atoms with Crippen molar-refractivity contribution in [2.75, 3.05) is 45.9 Å². The first-order chi connectivity index (χ1) is 6.79. The third kappa shape index (κ3) is 3.42. The monoisotopic (exact) mass is 218 g/mol. The van der Waals surface area contributed by atoms with E-state index in [1.54, 1.807) is 7.11 Å². The largest absolute Gasteiger partial charge is 0.383 e. The molecule has 0 aromatic carbocycles. The van der Waals surface area contributed by atoms with E-state index in [1.807, 2.05) is 7.05 Å². The number of nitrogens with zero attached hydrogens (tertiary/aromatic N) is 1. The maximum absolute atomic E-state index is 5.25. The van der Waals surface area contributed by atoms with Crippen molar-refractivity contribution in [3.8, 4) is 0 Å². The Morgan fingerprint density at radius 1 is 1.64 bits per heavy atom. The minimum Gasteiger partial charge on any atom is -0.383 e. The number of nitrogens with one attached hydrogen (secondary N) is 1. The van der Waals surface area contributed by atoms with E-state index in [0.29, 0.717) is 6.04 Å². The second-order valence-corrected chi connectivity index (χ2v) is 5.00. The van der Waals surface area contributed by atoms with Crippen LogP contribution in [-0.2, 0) is 4.74 Å². The molecule has 0 aromatic heterocycles. The van der Waals surface area contributed by atoms with Gasteiger partial charge in [-0.2, -0.15) is 11.8 Å². The van der Waals surface area contributed by atoms with Gasteiger partial charge in [-0.1, -0.05) is 0 Å². The average Bonchev–Trinajstić information content (AvgIpc) is 2.69. The van der Waals surface area contributed by atoms with Crippen LogP contribution in [0.15, 0.2) is 0 Å². The van der Waals surface area contributed by atoms with Crippen molar-refractivity contribution in [1.29, 1.82) is 0 Å². The number of hydrogen-bond acceptors (Lipinski definition) is 4. The summed E-state index contributed by atoms with van der Waals surface area (Å²) in [4.78, 5) is 2.47. The summed E-state index contributed by atoms with van der Waals surface area (Å²) in [6.45, 7) is 1.82. The first kappa shape index (κ1) is 12.3. The Morgan fingerprint density at radius 3 is 2.93 bits per heavy atom. The maximum Gasteiger partial charge on any atom is 0.0630 e. The van der Waals surface area contributed by atoms with Crippen molar-refractivity contribution >= 4 is 11.8 Å². The topological polar surface area (TPSA) is 24.5 Å². The predicted octanol–water partition coefficient (Wildman–Crippen LogP) is 0.658. The molecule has 0 spiro atoms. The summed E-state index contributed by atoms with van der Waals surface area (Å²) < 4.78 is 5.25. The lowest BCUT2D eigenvalue weighted by molar-refractivity contribution is 0.0867. The lowest BCUT2D eigenvalue weighted by Crippen LogP contribution is -2.47. The maximum atomic E-state index is 5.25. The second-order valence-electron chi connectivity index (χ2n) is 3.85. The Hall–Kier alpha value is 0.230. The zero-order chi connectivity index (χ0) is 10.4. The highest BCUT2D eigenvalue weighted by Crippen LogP contribution is 2.22. The number of thioether (sulfide) groups is 1. The van der Waals surface area contributed by atoms with Crippen molar-refractivity contribution in [2.24, 2.45) is 0 Å². The molecule has 1 saturated heterocycles. The van der Waals surface area contributed by atoms with Gasteiger partial charge in [0.15, 0.2) is 0 Å². The summed E-state index contributed by atoms with van der Waals surface area (Å²) in [5, 5.41) is 3.23. The number of ether oxygens (including phenoxy) is 1. The molecule has 1 heterocycles. The number of hydrogen-bond donors (Lipinski definition) is 1. The van der Waals surface area contributed by atoms with Crippen LogP contribution in [0.3, 0.4) is 0 Å². The van der Waals surface area contributed by atoms with Gasteiger partial charge in [0.05, 0.1) is 6.61 Å². The van der Waals surface area contributed by atoms with Gasteiger partial charge in [0.1, 0.15) is 0 Å². The third-order valence-corrected chi connectivity index (χ3v) is 4.00. The van der Waals surface area contributed by atoms with Crippen molar-refractivity contribution in [1.82, 2.24) is 10.2 Å². The van der Waals surface area contributed by atoms with Gasteiger partial charge in [0.2, 0.25) is 0 Å². The molecule has 3 nitrogen and oxygen atoms in total. The molecule has 84 valence electrons. The quantitative estimate of drug-likeness (QED) is 0.708.